The van der Waals surface area contributed by atoms with Crippen molar-refractivity contribution in [3.63, 3.8) is 0 Å². The molecule has 0 fully saturated rings. The molecule has 0 atom stereocenters. The molecule has 19 heteroatoms. The molecule has 0 aromatic heterocycles. The molecule has 17 nitrogen and oxygen atoms in total. The molecule has 0 radical (unpaired) electrons. The first-order chi connectivity index (χ1) is 49.8. The lowest BCUT2D eigenvalue weighted by molar-refractivity contribution is -0.121. The average Bonchev–Trinajstić information content (AvgIpc) is 1.57. The standard InChI is InChI=1S/C12H15NO2.C12H15NO.C11H15NO2S.2C11H13NO.C11H15N.C10H13NO2S.C10H13N/c1-12(2)8-13(11(14)15-3)10-7-5-4-6-9(10)12;1-9(14)13-8-12(2,3)10-6-4-5-7-11(10)13;1-11(2)8-12(15(3,13)14)10-7-5-4-6-9(10)11;1-11(2)8-6-4-5-7-9(8)12(3)10(11)13;1-11(2)7-12(8-13)10-6-4-3-5-9(10)11;1-11(2)8-12(3)10-7-5-4-6-9(10)11;1-10(2)8-6-4-5-7-9(8)11(3)14(10,12)13;1-10(2)7-11-9-6-4-3-5-8(9)10/h4-7H,8H2,1-3H3;4-7H,8H2,1-3H3;4-7H,8H2,1-3H3;4-7H,1-3H3;3-6,8H,7H2,1-2H3;4-7H,8H2,1-3H3;4-7H,1-3H3;3-6,11H,7H2,1-2H3. The molecule has 8 aromatic rings. The fourth-order valence-corrected chi connectivity index (χ4v) is 18.5. The quantitative estimate of drug-likeness (QED) is 0.163. The third-order valence-electron chi connectivity index (χ3n) is 21.9. The predicted octanol–water partition coefficient (Wildman–Crippen LogP) is 17.0. The second-order valence-corrected chi connectivity index (χ2v) is 38.2. The number of anilines is 8. The summed E-state index contributed by atoms with van der Waals surface area (Å²) in [5, 5.41) is 3.39. The van der Waals surface area contributed by atoms with E-state index in [2.05, 4.69) is 167 Å². The largest absolute Gasteiger partial charge is 0.452 e. The zero-order valence-electron chi connectivity index (χ0n) is 66.9. The number of rotatable bonds is 2. The van der Waals surface area contributed by atoms with E-state index in [-0.39, 0.29) is 45.0 Å². The molecule has 8 aliphatic rings. The summed E-state index contributed by atoms with van der Waals surface area (Å²) in [4.78, 5) is 55.0. The number of sulfonamides is 2. The Bertz CT molecular complexity index is 4840. The van der Waals surface area contributed by atoms with E-state index in [1.807, 2.05) is 153 Å². The maximum atomic E-state index is 12.0. The lowest BCUT2D eigenvalue weighted by Crippen LogP contribution is -2.33. The highest BCUT2D eigenvalue weighted by Crippen LogP contribution is 2.48. The van der Waals surface area contributed by atoms with Crippen LogP contribution in [0, 0.1) is 0 Å². The van der Waals surface area contributed by atoms with E-state index in [1.165, 1.54) is 61.2 Å². The van der Waals surface area contributed by atoms with Crippen LogP contribution >= 0.6 is 0 Å². The molecule has 4 amide bonds. The second-order valence-electron chi connectivity index (χ2n) is 33.8. The Balaban J connectivity index is 0.000000141. The van der Waals surface area contributed by atoms with Gasteiger partial charge in [-0.1, -0.05) is 229 Å². The van der Waals surface area contributed by atoms with Gasteiger partial charge in [-0.15, -0.1) is 0 Å². The van der Waals surface area contributed by atoms with Gasteiger partial charge in [0.1, 0.15) is 4.75 Å². The summed E-state index contributed by atoms with van der Waals surface area (Å²) in [6.45, 7) is 40.2. The SMILES string of the molecule is CC(=O)N1CC(C)(C)c2ccccc21.CC1(C)CN(C=O)c2ccccc21.CC1(C)CN(S(C)(=O)=O)c2ccccc21.CC1(C)CNc2ccccc21.CN1C(=O)C(C)(C)c2ccccc21.CN1CC(C)(C)c2ccccc21.CN1c2ccccc2C(C)(C)S1(=O)=O.COC(=O)N1CC(C)(C)c2ccccc21. The van der Waals surface area contributed by atoms with Gasteiger partial charge in [0.05, 0.1) is 35.8 Å². The van der Waals surface area contributed by atoms with E-state index >= 15 is 0 Å². The molecule has 0 bridgehead atoms. The molecule has 0 spiro atoms. The van der Waals surface area contributed by atoms with Crippen LogP contribution in [0.3, 0.4) is 0 Å². The van der Waals surface area contributed by atoms with Crippen molar-refractivity contribution >= 4 is 89.9 Å². The van der Waals surface area contributed by atoms with Gasteiger partial charge in [0.15, 0.2) is 0 Å². The monoisotopic (exact) mass is 1490 g/mol. The van der Waals surface area contributed by atoms with Crippen molar-refractivity contribution in [2.75, 3.05) is 112 Å². The van der Waals surface area contributed by atoms with E-state index in [4.69, 9.17) is 4.74 Å². The Morgan fingerprint density at radius 2 is 0.804 bits per heavy atom. The summed E-state index contributed by atoms with van der Waals surface area (Å²) in [5.41, 5.74) is 18.6. The van der Waals surface area contributed by atoms with Gasteiger partial charge in [0.2, 0.25) is 38.3 Å². The summed E-state index contributed by atoms with van der Waals surface area (Å²) >= 11 is 0. The number of nitrogens with one attached hydrogen (secondary N) is 1. The minimum Gasteiger partial charge on any atom is -0.452 e. The lowest BCUT2D eigenvalue weighted by atomic mass is 9.86. The molecule has 0 saturated heterocycles. The predicted molar refractivity (Wildman–Crippen MR) is 442 cm³/mol. The number of carbonyl (C=O) groups is 4. The Hall–Kier alpha value is -9.46. The summed E-state index contributed by atoms with van der Waals surface area (Å²) in [6, 6.07) is 64.5. The maximum absolute atomic E-state index is 12.0. The van der Waals surface area contributed by atoms with Gasteiger partial charge in [0.25, 0.3) is 0 Å². The van der Waals surface area contributed by atoms with Crippen molar-refractivity contribution in [3.05, 3.63) is 239 Å². The van der Waals surface area contributed by atoms with Gasteiger partial charge in [-0.05, 0) is 121 Å². The number of hydrogen-bond donors (Lipinski definition) is 1. The molecule has 16 rings (SSSR count). The number of para-hydroxylation sites is 8. The van der Waals surface area contributed by atoms with Crippen molar-refractivity contribution in [1.29, 1.82) is 0 Å². The van der Waals surface area contributed by atoms with E-state index in [0.29, 0.717) is 23.9 Å². The van der Waals surface area contributed by atoms with Gasteiger partial charge in [-0.2, -0.15) is 0 Å². The molecule has 8 heterocycles. The number of carbonyl (C=O) groups excluding carboxylic acids is 4. The average molecular weight is 1490 g/mol. The molecule has 570 valence electrons. The molecular formula is C88H112N8O9S2. The number of nitrogens with zero attached hydrogens (tertiary/aromatic N) is 7. The highest BCUT2D eigenvalue weighted by molar-refractivity contribution is 7.94. The van der Waals surface area contributed by atoms with Gasteiger partial charge in [-0.25, -0.2) is 21.6 Å². The van der Waals surface area contributed by atoms with Crippen molar-refractivity contribution < 1.29 is 40.8 Å². The highest BCUT2D eigenvalue weighted by atomic mass is 32.2. The maximum Gasteiger partial charge on any atom is 0.414 e. The van der Waals surface area contributed by atoms with Crippen LogP contribution in [-0.2, 0) is 81.8 Å². The number of benzene rings is 8. The van der Waals surface area contributed by atoms with Crippen molar-refractivity contribution in [3.8, 4) is 0 Å². The van der Waals surface area contributed by atoms with E-state index in [0.717, 1.165) is 83.4 Å². The normalized spacial score (nSPS) is 19.0. The third-order valence-corrected chi connectivity index (χ3v) is 25.5. The fourth-order valence-electron chi connectivity index (χ4n) is 15.9. The molecule has 0 aliphatic carbocycles. The van der Waals surface area contributed by atoms with Crippen molar-refractivity contribution in [2.24, 2.45) is 0 Å². The fraction of sp³-hybridized carbons (Fsp3) is 0.409. The van der Waals surface area contributed by atoms with Crippen LogP contribution < -0.4 is 38.4 Å². The van der Waals surface area contributed by atoms with E-state index in [1.54, 1.807) is 42.5 Å². The molecule has 107 heavy (non-hydrogen) atoms. The van der Waals surface area contributed by atoms with Gasteiger partial charge >= 0.3 is 6.09 Å². The number of fused-ring (bicyclic) bond motifs is 8. The van der Waals surface area contributed by atoms with Crippen LogP contribution in [0.4, 0.5) is 50.3 Å². The summed E-state index contributed by atoms with van der Waals surface area (Å²) in [5.74, 6) is 0.303. The highest BCUT2D eigenvalue weighted by Gasteiger charge is 2.48. The van der Waals surface area contributed by atoms with Crippen LogP contribution in [0.2, 0.25) is 0 Å². The minimum absolute atomic E-state index is 0.00475. The molecule has 8 aliphatic heterocycles. The summed E-state index contributed by atoms with van der Waals surface area (Å²) in [7, 11) is 0.620. The Morgan fingerprint density at radius 1 is 0.439 bits per heavy atom. The van der Waals surface area contributed by atoms with Gasteiger partial charge in [-0.3, -0.25) is 27.9 Å². The number of amides is 4. The second kappa shape index (κ2) is 30.7. The molecule has 1 N–H and O–H groups in total. The summed E-state index contributed by atoms with van der Waals surface area (Å²) < 4.78 is 54.0. The van der Waals surface area contributed by atoms with E-state index in [9.17, 15) is 36.0 Å². The smallest absolute Gasteiger partial charge is 0.414 e. The van der Waals surface area contributed by atoms with Crippen molar-refractivity contribution in [1.82, 2.24) is 0 Å². The molecular weight excluding hydrogens is 1380 g/mol. The molecule has 0 saturated carbocycles. The first kappa shape index (κ1) is 81.6. The minimum atomic E-state index is -3.23. The third kappa shape index (κ3) is 16.5. The number of likely N-dealkylation sites (N-methyl/N-ethyl adjacent to an activating group) is 2. The van der Waals surface area contributed by atoms with E-state index < -0.39 is 24.8 Å². The lowest BCUT2D eigenvalue weighted by Gasteiger charge is -2.20. The number of methoxy groups -OCH3 is 1. The van der Waals surface area contributed by atoms with Crippen LogP contribution in [0.15, 0.2) is 194 Å². The Morgan fingerprint density at radius 3 is 1.26 bits per heavy atom. The van der Waals surface area contributed by atoms with Gasteiger partial charge in [0, 0.05) is 128 Å². The van der Waals surface area contributed by atoms with Crippen LogP contribution in [-0.4, -0.2) is 115 Å². The van der Waals surface area contributed by atoms with Crippen molar-refractivity contribution in [2.45, 2.75) is 160 Å². The Kier molecular flexibility index (Phi) is 23.4. The Labute approximate surface area is 638 Å². The topological polar surface area (TPSA) is 180 Å². The van der Waals surface area contributed by atoms with Crippen LogP contribution in [0.5, 0.6) is 0 Å². The zero-order chi connectivity index (χ0) is 79.0. The van der Waals surface area contributed by atoms with Crippen LogP contribution in [0.1, 0.15) is 162 Å². The van der Waals surface area contributed by atoms with Crippen LogP contribution in [0.25, 0.3) is 0 Å². The summed E-state index contributed by atoms with van der Waals surface area (Å²) in [6.07, 6.45) is 1.88. The number of hydrogen-bond acceptors (Lipinski definition) is 11. The first-order valence-corrected chi connectivity index (χ1v) is 39.9. The number of ether oxygens (including phenoxy) is 1. The molecule has 8 aromatic carbocycles. The zero-order valence-corrected chi connectivity index (χ0v) is 68.5. The molecule has 0 unspecified atom stereocenters. The van der Waals surface area contributed by atoms with Gasteiger partial charge < -0.3 is 29.7 Å². The first-order valence-electron chi connectivity index (χ1n) is 36.6.